The predicted molar refractivity (Wildman–Crippen MR) is 72.4 cm³/mol. The summed E-state index contributed by atoms with van der Waals surface area (Å²) in [5.74, 6) is 0. The molecular weight excluding hydrogens is 206 g/mol. The fraction of sp³-hybridized carbons (Fsp3) is 0.625. The molecule has 17 heavy (non-hydrogen) atoms. The average Bonchev–Trinajstić information content (AvgIpc) is 3.24. The van der Waals surface area contributed by atoms with Crippen molar-refractivity contribution in [1.82, 2.24) is 5.32 Å². The van der Waals surface area contributed by atoms with E-state index in [0.29, 0.717) is 5.41 Å². The zero-order chi connectivity index (χ0) is 11.7. The minimum Gasteiger partial charge on any atom is -0.313 e. The second kappa shape index (κ2) is 4.45. The smallest absolute Gasteiger partial charge is 0.00785 e. The van der Waals surface area contributed by atoms with Gasteiger partial charge in [-0.2, -0.15) is 0 Å². The molecule has 2 fully saturated rings. The summed E-state index contributed by atoms with van der Waals surface area (Å²) >= 11 is 0. The summed E-state index contributed by atoms with van der Waals surface area (Å²) < 4.78 is 0. The quantitative estimate of drug-likeness (QED) is 0.788. The van der Waals surface area contributed by atoms with Crippen molar-refractivity contribution >= 4 is 0 Å². The molecule has 1 nitrogen and oxygen atoms in total. The highest BCUT2D eigenvalue weighted by Crippen LogP contribution is 2.48. The fourth-order valence-electron chi connectivity index (χ4n) is 2.66. The van der Waals surface area contributed by atoms with Gasteiger partial charge >= 0.3 is 0 Å². The van der Waals surface area contributed by atoms with Crippen molar-refractivity contribution < 1.29 is 0 Å². The van der Waals surface area contributed by atoms with Crippen molar-refractivity contribution in [3.63, 3.8) is 0 Å². The summed E-state index contributed by atoms with van der Waals surface area (Å²) in [6, 6.07) is 10.2. The van der Waals surface area contributed by atoms with E-state index >= 15 is 0 Å². The maximum atomic E-state index is 3.70. The Morgan fingerprint density at radius 3 is 2.41 bits per heavy atom. The average molecular weight is 229 g/mol. The van der Waals surface area contributed by atoms with E-state index in [-0.39, 0.29) is 0 Å². The van der Waals surface area contributed by atoms with Crippen LogP contribution in [0.3, 0.4) is 0 Å². The Balaban J connectivity index is 1.65. The molecule has 0 saturated heterocycles. The molecule has 0 aliphatic heterocycles. The van der Waals surface area contributed by atoms with Gasteiger partial charge in [0.1, 0.15) is 0 Å². The first-order chi connectivity index (χ1) is 8.32. The Labute approximate surface area is 105 Å². The van der Waals surface area contributed by atoms with Crippen molar-refractivity contribution in [1.29, 1.82) is 0 Å². The van der Waals surface area contributed by atoms with Gasteiger partial charge in [0, 0.05) is 18.0 Å². The summed E-state index contributed by atoms with van der Waals surface area (Å²) in [6.45, 7) is 3.45. The van der Waals surface area contributed by atoms with Crippen LogP contribution in [-0.4, -0.2) is 12.6 Å². The number of rotatable bonds is 6. The third kappa shape index (κ3) is 2.55. The second-order valence-electron chi connectivity index (χ2n) is 5.88. The van der Waals surface area contributed by atoms with Crippen molar-refractivity contribution in [2.24, 2.45) is 0 Å². The standard InChI is InChI=1S/C16H23N/c1-2-3-13-4-6-14(7-5-13)16(10-11-16)12-17-15-8-9-15/h4-7,15,17H,2-3,8-12H2,1H3. The molecule has 0 unspecified atom stereocenters. The number of nitrogens with one attached hydrogen (secondary N) is 1. The molecule has 2 aliphatic rings. The van der Waals surface area contributed by atoms with Gasteiger partial charge in [0.15, 0.2) is 0 Å². The van der Waals surface area contributed by atoms with Gasteiger partial charge in [0.2, 0.25) is 0 Å². The van der Waals surface area contributed by atoms with Crippen LogP contribution in [0.5, 0.6) is 0 Å². The summed E-state index contributed by atoms with van der Waals surface area (Å²) in [5.41, 5.74) is 3.54. The molecule has 1 N–H and O–H groups in total. The fourth-order valence-corrected chi connectivity index (χ4v) is 2.66. The van der Waals surface area contributed by atoms with Crippen LogP contribution in [0.1, 0.15) is 50.2 Å². The molecular formula is C16H23N. The zero-order valence-electron chi connectivity index (χ0n) is 10.8. The Morgan fingerprint density at radius 1 is 1.18 bits per heavy atom. The zero-order valence-corrected chi connectivity index (χ0v) is 10.8. The van der Waals surface area contributed by atoms with Crippen molar-refractivity contribution in [3.8, 4) is 0 Å². The lowest BCUT2D eigenvalue weighted by Crippen LogP contribution is -2.28. The van der Waals surface area contributed by atoms with Gasteiger partial charge in [-0.15, -0.1) is 0 Å². The first-order valence-corrected chi connectivity index (χ1v) is 7.15. The number of aryl methyl sites for hydroxylation is 1. The van der Waals surface area contributed by atoms with E-state index in [2.05, 4.69) is 36.5 Å². The van der Waals surface area contributed by atoms with E-state index < -0.39 is 0 Å². The van der Waals surface area contributed by atoms with Crippen molar-refractivity contribution in [2.45, 2.75) is 56.9 Å². The van der Waals surface area contributed by atoms with Crippen LogP contribution < -0.4 is 5.32 Å². The van der Waals surface area contributed by atoms with Crippen LogP contribution in [0.2, 0.25) is 0 Å². The topological polar surface area (TPSA) is 12.0 Å². The summed E-state index contributed by atoms with van der Waals surface area (Å²) in [4.78, 5) is 0. The van der Waals surface area contributed by atoms with Gasteiger partial charge < -0.3 is 5.32 Å². The molecule has 0 spiro atoms. The summed E-state index contributed by atoms with van der Waals surface area (Å²) in [6.07, 6.45) is 8.00. The molecule has 3 rings (SSSR count). The van der Waals surface area contributed by atoms with Crippen LogP contribution >= 0.6 is 0 Å². The Kier molecular flexibility index (Phi) is 2.96. The Hall–Kier alpha value is -0.820. The van der Waals surface area contributed by atoms with Crippen molar-refractivity contribution in [2.75, 3.05) is 6.54 Å². The number of benzene rings is 1. The van der Waals surface area contributed by atoms with E-state index in [0.717, 1.165) is 6.04 Å². The van der Waals surface area contributed by atoms with Gasteiger partial charge in [-0.3, -0.25) is 0 Å². The van der Waals surface area contributed by atoms with Crippen LogP contribution in [0, 0.1) is 0 Å². The van der Waals surface area contributed by atoms with Gasteiger partial charge in [0.05, 0.1) is 0 Å². The molecule has 2 saturated carbocycles. The van der Waals surface area contributed by atoms with E-state index in [4.69, 9.17) is 0 Å². The second-order valence-corrected chi connectivity index (χ2v) is 5.88. The van der Waals surface area contributed by atoms with E-state index in [1.807, 2.05) is 0 Å². The highest BCUT2D eigenvalue weighted by Gasteiger charge is 2.44. The highest BCUT2D eigenvalue weighted by molar-refractivity contribution is 5.34. The molecule has 1 aromatic carbocycles. The van der Waals surface area contributed by atoms with E-state index in [9.17, 15) is 0 Å². The third-order valence-corrected chi connectivity index (χ3v) is 4.27. The Morgan fingerprint density at radius 2 is 1.88 bits per heavy atom. The molecule has 0 amide bonds. The molecule has 0 bridgehead atoms. The molecule has 0 radical (unpaired) electrons. The van der Waals surface area contributed by atoms with Crippen LogP contribution in [0.25, 0.3) is 0 Å². The van der Waals surface area contributed by atoms with Gasteiger partial charge in [-0.05, 0) is 43.2 Å². The number of hydrogen-bond acceptors (Lipinski definition) is 1. The maximum absolute atomic E-state index is 3.70. The van der Waals surface area contributed by atoms with Gasteiger partial charge in [-0.25, -0.2) is 0 Å². The SMILES string of the molecule is CCCc1ccc(C2(CNC3CC3)CC2)cc1. The van der Waals surface area contributed by atoms with Gasteiger partial charge in [-0.1, -0.05) is 37.6 Å². The first-order valence-electron chi connectivity index (χ1n) is 7.15. The van der Waals surface area contributed by atoms with Crippen LogP contribution in [0.15, 0.2) is 24.3 Å². The van der Waals surface area contributed by atoms with E-state index in [1.165, 1.54) is 50.6 Å². The Bertz CT molecular complexity index is 371. The molecule has 1 aromatic rings. The first kappa shape index (κ1) is 11.3. The largest absolute Gasteiger partial charge is 0.313 e. The maximum Gasteiger partial charge on any atom is 0.00785 e. The number of hydrogen-bond donors (Lipinski definition) is 1. The highest BCUT2D eigenvalue weighted by atomic mass is 15.0. The lowest BCUT2D eigenvalue weighted by molar-refractivity contribution is 0.571. The monoisotopic (exact) mass is 229 g/mol. The molecule has 1 heteroatoms. The molecule has 2 aliphatic carbocycles. The molecule has 0 heterocycles. The molecule has 0 atom stereocenters. The summed E-state index contributed by atoms with van der Waals surface area (Å²) in [7, 11) is 0. The predicted octanol–water partition coefficient (Wildman–Crippen LogP) is 3.42. The normalized spacial score (nSPS) is 21.5. The summed E-state index contributed by atoms with van der Waals surface area (Å²) in [5, 5.41) is 3.70. The molecule has 0 aromatic heterocycles. The molecule has 92 valence electrons. The van der Waals surface area contributed by atoms with Crippen molar-refractivity contribution in [3.05, 3.63) is 35.4 Å². The van der Waals surface area contributed by atoms with E-state index in [1.54, 1.807) is 5.56 Å². The lowest BCUT2D eigenvalue weighted by Gasteiger charge is -2.17. The third-order valence-electron chi connectivity index (χ3n) is 4.27. The van der Waals surface area contributed by atoms with Gasteiger partial charge in [0.25, 0.3) is 0 Å². The lowest BCUT2D eigenvalue weighted by atomic mass is 9.94. The van der Waals surface area contributed by atoms with Crippen LogP contribution in [0.4, 0.5) is 0 Å². The van der Waals surface area contributed by atoms with Crippen LogP contribution in [-0.2, 0) is 11.8 Å². The minimum absolute atomic E-state index is 0.493. The minimum atomic E-state index is 0.493.